The largest absolute Gasteiger partial charge is 0.461 e. The lowest BCUT2D eigenvalue weighted by atomic mass is 9.73. The number of carbonyl (C=O) groups excluding carboxylic acids is 3. The second kappa shape index (κ2) is 20.8. The van der Waals surface area contributed by atoms with Gasteiger partial charge in [0.2, 0.25) is 0 Å². The van der Waals surface area contributed by atoms with Crippen molar-refractivity contribution in [3.63, 3.8) is 0 Å². The lowest BCUT2D eigenvalue weighted by molar-refractivity contribution is -0.167. The van der Waals surface area contributed by atoms with Crippen molar-refractivity contribution in [2.45, 2.75) is 151 Å². The molecule has 12 heteroatoms. The van der Waals surface area contributed by atoms with Gasteiger partial charge in [-0.25, -0.2) is 10.4 Å². The van der Waals surface area contributed by atoms with Crippen LogP contribution in [0, 0.1) is 24.2 Å². The fourth-order valence-corrected chi connectivity index (χ4v) is 7.97. The first kappa shape index (κ1) is 45.7. The average Bonchev–Trinajstić information content (AvgIpc) is 3.46. The molecule has 1 aliphatic heterocycles. The summed E-state index contributed by atoms with van der Waals surface area (Å²) in [5, 5.41) is 2.86. The molecule has 0 amide bonds. The van der Waals surface area contributed by atoms with Gasteiger partial charge in [-0.3, -0.25) is 19.2 Å². The van der Waals surface area contributed by atoms with Gasteiger partial charge in [-0.05, 0) is 89.6 Å². The molecule has 2 heterocycles. The highest BCUT2D eigenvalue weighted by atomic mass is 32.1. The first-order valence-electron chi connectivity index (χ1n) is 18.7. The monoisotopic (exact) mass is 761 g/mol. The summed E-state index contributed by atoms with van der Waals surface area (Å²) in [5.41, 5.74) is 7.09. The molecule has 52 heavy (non-hydrogen) atoms. The third kappa shape index (κ3) is 14.4. The van der Waals surface area contributed by atoms with Crippen LogP contribution < -0.4 is 11.0 Å². The summed E-state index contributed by atoms with van der Waals surface area (Å²) in [5.74, 6) is -1.70. The Bertz CT molecular complexity index is 1410. The van der Waals surface area contributed by atoms with Gasteiger partial charge in [-0.1, -0.05) is 64.8 Å². The number of ketones is 1. The predicted molar refractivity (Wildman–Crippen MR) is 213 cm³/mol. The number of esters is 2. The molecule has 10 nitrogen and oxygen atoms in total. The SMILES string of the molecule is CONNCCCCCC(=O)O[C@H]1CC(=O)O[C@H](/C(C)=C/c2csc(C)n2)C/C=C(/C)C/C=C\[C@H](C)[C@H](O[Si](C)(C)C(C)(C)C)[C@@H](C)C(=O)C1(C)C. The molecule has 0 bridgehead atoms. The van der Waals surface area contributed by atoms with E-state index in [4.69, 9.17) is 18.7 Å². The molecule has 1 aromatic rings. The summed E-state index contributed by atoms with van der Waals surface area (Å²) >= 11 is 1.56. The maximum atomic E-state index is 14.7. The molecule has 2 N–H and O–H groups in total. The number of thiazole rings is 1. The normalized spacial score (nSPS) is 26.0. The molecule has 0 fully saturated rings. The van der Waals surface area contributed by atoms with Crippen molar-refractivity contribution in [1.29, 1.82) is 0 Å². The van der Waals surface area contributed by atoms with Crippen molar-refractivity contribution in [3.05, 3.63) is 45.5 Å². The van der Waals surface area contributed by atoms with Crippen LogP contribution in [0.25, 0.3) is 6.08 Å². The minimum Gasteiger partial charge on any atom is -0.461 e. The number of unbranched alkanes of at least 4 members (excludes halogenated alkanes) is 2. The summed E-state index contributed by atoms with van der Waals surface area (Å²) in [6.45, 7) is 25.2. The van der Waals surface area contributed by atoms with Crippen molar-refractivity contribution in [1.82, 2.24) is 16.0 Å². The van der Waals surface area contributed by atoms with E-state index >= 15 is 0 Å². The smallest absolute Gasteiger partial charge is 0.310 e. The lowest BCUT2D eigenvalue weighted by Crippen LogP contribution is -2.52. The van der Waals surface area contributed by atoms with Gasteiger partial charge in [-0.15, -0.1) is 16.9 Å². The Morgan fingerprint density at radius 3 is 2.46 bits per heavy atom. The molecule has 1 aliphatic rings. The van der Waals surface area contributed by atoms with E-state index in [2.05, 4.69) is 81.9 Å². The van der Waals surface area contributed by atoms with Crippen molar-refractivity contribution in [2.75, 3.05) is 13.7 Å². The predicted octanol–water partition coefficient (Wildman–Crippen LogP) is 8.84. The van der Waals surface area contributed by atoms with Gasteiger partial charge in [0.05, 0.1) is 35.8 Å². The van der Waals surface area contributed by atoms with E-state index in [1.54, 1.807) is 25.2 Å². The summed E-state index contributed by atoms with van der Waals surface area (Å²) < 4.78 is 19.3. The minimum atomic E-state index is -2.30. The molecule has 294 valence electrons. The molecular formula is C40H67N3O7SSi. The third-order valence-electron chi connectivity index (χ3n) is 10.4. The molecule has 1 aromatic heterocycles. The van der Waals surface area contributed by atoms with Gasteiger partial charge >= 0.3 is 11.9 Å². The zero-order chi connectivity index (χ0) is 39.3. The van der Waals surface area contributed by atoms with E-state index in [1.165, 1.54) is 7.11 Å². The topological polar surface area (TPSA) is 125 Å². The Hall–Kier alpha value is -2.48. The Balaban J connectivity index is 2.53. The second-order valence-electron chi connectivity index (χ2n) is 16.4. The average molecular weight is 762 g/mol. The summed E-state index contributed by atoms with van der Waals surface area (Å²) in [4.78, 5) is 51.2. The maximum absolute atomic E-state index is 14.7. The van der Waals surface area contributed by atoms with E-state index in [0.29, 0.717) is 19.4 Å². The van der Waals surface area contributed by atoms with E-state index in [-0.39, 0.29) is 29.6 Å². The summed E-state index contributed by atoms with van der Waals surface area (Å²) in [6, 6.07) is 0. The van der Waals surface area contributed by atoms with Gasteiger partial charge in [0.15, 0.2) is 8.32 Å². The van der Waals surface area contributed by atoms with E-state index in [1.807, 2.05) is 32.2 Å². The number of rotatable bonds is 13. The third-order valence-corrected chi connectivity index (χ3v) is 15.7. The molecule has 0 saturated heterocycles. The number of Topliss-reactive ketones (excluding diaryl/α,β-unsaturated/α-hetero) is 1. The minimum absolute atomic E-state index is 0.0661. The first-order chi connectivity index (χ1) is 24.2. The van der Waals surface area contributed by atoms with Gasteiger partial charge < -0.3 is 13.9 Å². The molecular weight excluding hydrogens is 695 g/mol. The van der Waals surface area contributed by atoms with Crippen LogP contribution in [0.4, 0.5) is 0 Å². The standard InChI is InChI=1S/C40H67N3O7SSi/c1-27-18-17-19-28(2)37(50-52(12,13)39(6,7)8)30(4)38(46)40(9,10)34(49-35(44)20-15-14-16-23-41-43-47-11)25-36(45)48-33(22-21-27)29(3)24-32-26-51-31(5)42-32/h17,19,21,24,26,28,30,33-34,37,41,43H,14-16,18,20,22-23,25H2,1-13H3/b19-17-,27-21-,29-24+/t28-,30+,33-,34-,37-/m0/s1. The highest BCUT2D eigenvalue weighted by Crippen LogP contribution is 2.41. The van der Waals surface area contributed by atoms with Crippen molar-refractivity contribution in [2.24, 2.45) is 17.3 Å². The number of allylic oxidation sites excluding steroid dienone is 2. The molecule has 0 unspecified atom stereocenters. The zero-order valence-electron chi connectivity index (χ0n) is 34.1. The number of nitrogens with zero attached hydrogens (tertiary/aromatic N) is 1. The Morgan fingerprint density at radius 2 is 1.85 bits per heavy atom. The molecule has 2 rings (SSSR count). The number of hydrogen-bond acceptors (Lipinski definition) is 11. The van der Waals surface area contributed by atoms with Gasteiger partial charge in [-0.2, -0.15) is 0 Å². The van der Waals surface area contributed by atoms with Gasteiger partial charge in [0.1, 0.15) is 18.0 Å². The maximum Gasteiger partial charge on any atom is 0.310 e. The molecule has 0 aliphatic carbocycles. The van der Waals surface area contributed by atoms with Crippen LogP contribution in [0.15, 0.2) is 34.8 Å². The van der Waals surface area contributed by atoms with Crippen molar-refractivity contribution >= 4 is 43.5 Å². The number of aromatic nitrogens is 1. The van der Waals surface area contributed by atoms with E-state index in [0.717, 1.165) is 41.1 Å². The number of cyclic esters (lactones) is 1. The fraction of sp³-hybridized carbons (Fsp3) is 0.700. The number of aryl methyl sites for hydroxylation is 1. The molecule has 5 atom stereocenters. The number of nitrogens with one attached hydrogen (secondary N) is 2. The number of carbonyl (C=O) groups is 3. The van der Waals surface area contributed by atoms with Gasteiger partial charge in [0, 0.05) is 30.7 Å². The van der Waals surface area contributed by atoms with Crippen LogP contribution in [-0.2, 0) is 33.1 Å². The van der Waals surface area contributed by atoms with Crippen molar-refractivity contribution < 1.29 is 33.1 Å². The van der Waals surface area contributed by atoms with E-state index < -0.39 is 49.9 Å². The quantitative estimate of drug-likeness (QED) is 0.0662. The lowest BCUT2D eigenvalue weighted by Gasteiger charge is -2.44. The Kier molecular flexibility index (Phi) is 18.3. The Labute approximate surface area is 318 Å². The van der Waals surface area contributed by atoms with E-state index in [9.17, 15) is 14.4 Å². The highest BCUT2D eigenvalue weighted by molar-refractivity contribution is 7.09. The van der Waals surface area contributed by atoms with Crippen LogP contribution in [0.3, 0.4) is 0 Å². The van der Waals surface area contributed by atoms with Crippen LogP contribution in [0.5, 0.6) is 0 Å². The second-order valence-corrected chi connectivity index (χ2v) is 22.2. The molecule has 0 saturated carbocycles. The van der Waals surface area contributed by atoms with Crippen LogP contribution in [0.1, 0.15) is 118 Å². The number of ether oxygens (including phenoxy) is 2. The zero-order valence-corrected chi connectivity index (χ0v) is 36.0. The molecule has 0 radical (unpaired) electrons. The fourth-order valence-electron chi connectivity index (χ4n) is 5.95. The van der Waals surface area contributed by atoms with Crippen LogP contribution in [-0.4, -0.2) is 63.0 Å². The Morgan fingerprint density at radius 1 is 1.15 bits per heavy atom. The van der Waals surface area contributed by atoms with Crippen molar-refractivity contribution in [3.8, 4) is 0 Å². The number of hydrazine groups is 1. The van der Waals surface area contributed by atoms with Crippen LogP contribution in [0.2, 0.25) is 18.1 Å². The molecule has 0 aromatic carbocycles. The van der Waals surface area contributed by atoms with Gasteiger partial charge in [0.25, 0.3) is 0 Å². The summed E-state index contributed by atoms with van der Waals surface area (Å²) in [7, 11) is -0.773. The highest BCUT2D eigenvalue weighted by Gasteiger charge is 2.48. The number of hydrogen-bond donors (Lipinski definition) is 2. The summed E-state index contributed by atoms with van der Waals surface area (Å²) in [6.07, 6.45) is 9.69. The first-order valence-corrected chi connectivity index (χ1v) is 22.5. The molecule has 0 spiro atoms. The van der Waals surface area contributed by atoms with Crippen LogP contribution >= 0.6 is 11.3 Å².